The van der Waals surface area contributed by atoms with Crippen molar-refractivity contribution in [3.63, 3.8) is 0 Å². The van der Waals surface area contributed by atoms with Crippen LogP contribution in [0.4, 0.5) is 31.1 Å². The summed E-state index contributed by atoms with van der Waals surface area (Å²) in [4.78, 5) is 27.0. The average molecular weight is 586 g/mol. The van der Waals surface area contributed by atoms with Crippen molar-refractivity contribution in [2.45, 2.75) is 64.5 Å². The van der Waals surface area contributed by atoms with E-state index in [0.717, 1.165) is 0 Å². The number of cyclic esters (lactones) is 1. The molecule has 1 saturated heterocycles. The first kappa shape index (κ1) is 30.3. The molecule has 6 nitrogen and oxygen atoms in total. The lowest BCUT2D eigenvalue weighted by molar-refractivity contribution is -0.143. The van der Waals surface area contributed by atoms with Gasteiger partial charge < -0.3 is 14.2 Å². The third-order valence-electron chi connectivity index (χ3n) is 7.35. The van der Waals surface area contributed by atoms with E-state index in [2.05, 4.69) is 0 Å². The van der Waals surface area contributed by atoms with Gasteiger partial charge in [-0.3, -0.25) is 4.90 Å². The number of hydrogen-bond acceptors (Lipinski definition) is 5. The van der Waals surface area contributed by atoms with Gasteiger partial charge >= 0.3 is 24.4 Å². The first-order valence-electron chi connectivity index (χ1n) is 12.8. The van der Waals surface area contributed by atoms with Gasteiger partial charge in [-0.15, -0.1) is 0 Å². The molecule has 0 bridgehead atoms. The summed E-state index contributed by atoms with van der Waals surface area (Å²) in [6.07, 6.45) is -10.8. The van der Waals surface area contributed by atoms with Gasteiger partial charge in [0.25, 0.3) is 0 Å². The van der Waals surface area contributed by atoms with Crippen LogP contribution in [0, 0.1) is 5.41 Å². The third kappa shape index (κ3) is 6.79. The van der Waals surface area contributed by atoms with Crippen molar-refractivity contribution in [1.82, 2.24) is 4.90 Å². The predicted octanol–water partition coefficient (Wildman–Crippen LogP) is 7.94. The van der Waals surface area contributed by atoms with Gasteiger partial charge in [0.15, 0.2) is 0 Å². The lowest BCUT2D eigenvalue weighted by Gasteiger charge is -2.34. The Morgan fingerprint density at radius 3 is 2.15 bits per heavy atom. The number of ether oxygens (including phenoxy) is 3. The van der Waals surface area contributed by atoms with Gasteiger partial charge in [-0.05, 0) is 78.8 Å². The van der Waals surface area contributed by atoms with Crippen molar-refractivity contribution in [2.24, 2.45) is 5.41 Å². The molecule has 1 heterocycles. The smallest absolute Gasteiger partial charge is 0.416 e. The number of methoxy groups -OCH3 is 1. The van der Waals surface area contributed by atoms with E-state index in [-0.39, 0.29) is 23.6 Å². The molecule has 0 saturated carbocycles. The predicted molar refractivity (Wildman–Crippen MR) is 135 cm³/mol. The van der Waals surface area contributed by atoms with Crippen LogP contribution in [0.2, 0.25) is 0 Å². The molecule has 1 aliphatic carbocycles. The summed E-state index contributed by atoms with van der Waals surface area (Å²) in [6.45, 7) is 5.42. The number of amides is 1. The third-order valence-corrected chi connectivity index (χ3v) is 7.35. The molecular formula is C29H29F6NO5. The highest BCUT2D eigenvalue weighted by atomic mass is 19.4. The maximum Gasteiger partial charge on any atom is 0.416 e. The van der Waals surface area contributed by atoms with Gasteiger partial charge in [0.05, 0.1) is 29.8 Å². The number of carbonyl (C=O) groups excluding carboxylic acids is 2. The summed E-state index contributed by atoms with van der Waals surface area (Å²) in [5.74, 6) is 0.311. The van der Waals surface area contributed by atoms with Crippen LogP contribution in [0.3, 0.4) is 0 Å². The van der Waals surface area contributed by atoms with E-state index in [9.17, 15) is 35.9 Å². The highest BCUT2D eigenvalue weighted by Crippen LogP contribution is 2.43. The Kier molecular flexibility index (Phi) is 8.08. The first-order chi connectivity index (χ1) is 19.0. The minimum atomic E-state index is -5.04. The van der Waals surface area contributed by atoms with E-state index in [1.165, 1.54) is 18.9 Å². The summed E-state index contributed by atoms with van der Waals surface area (Å²) in [5, 5.41) is 0. The molecule has 0 spiro atoms. The van der Waals surface area contributed by atoms with Crippen molar-refractivity contribution in [2.75, 3.05) is 13.7 Å². The zero-order valence-electron chi connectivity index (χ0n) is 22.8. The van der Waals surface area contributed by atoms with Gasteiger partial charge in [-0.1, -0.05) is 13.8 Å². The molecule has 2 aliphatic rings. The maximum atomic E-state index is 13.4. The van der Waals surface area contributed by atoms with Crippen LogP contribution in [0.1, 0.15) is 73.2 Å². The lowest BCUT2D eigenvalue weighted by atomic mass is 9.76. The molecule has 41 heavy (non-hydrogen) atoms. The maximum absolute atomic E-state index is 13.4. The molecule has 2 atom stereocenters. The van der Waals surface area contributed by atoms with Crippen molar-refractivity contribution < 1.29 is 50.1 Å². The molecule has 2 aromatic carbocycles. The normalized spacial score (nSPS) is 21.1. The SMILES string of the molecule is COc1ccc(C(=O)OC2=C(CN3C(=O)O[C@H](c4cc(C(F)(F)F)cc(C(F)(F)F)c4)[C@@H]3C)CC(C)(C)CC2)cc1. The first-order valence-corrected chi connectivity index (χ1v) is 12.8. The van der Waals surface area contributed by atoms with Gasteiger partial charge in [-0.25, -0.2) is 9.59 Å². The molecule has 2 aromatic rings. The van der Waals surface area contributed by atoms with Crippen LogP contribution < -0.4 is 4.74 Å². The second-order valence-electron chi connectivity index (χ2n) is 11.0. The fraction of sp³-hybridized carbons (Fsp3) is 0.448. The molecular weight excluding hydrogens is 556 g/mol. The Labute approximate surface area is 232 Å². The second-order valence-corrected chi connectivity index (χ2v) is 11.0. The summed E-state index contributed by atoms with van der Waals surface area (Å²) in [6, 6.07) is 6.55. The molecule has 1 aliphatic heterocycles. The van der Waals surface area contributed by atoms with Crippen LogP contribution in [-0.2, 0) is 21.8 Å². The fourth-order valence-corrected chi connectivity index (χ4v) is 5.07. The van der Waals surface area contributed by atoms with E-state index in [1.807, 2.05) is 13.8 Å². The standard InChI is InChI=1S/C29H29F6NO5/c1-16-24(18-11-20(28(30,31)32)13-21(12-18)29(33,34)35)41-26(38)36(16)15-19-14-27(2,3)10-9-23(19)40-25(37)17-5-7-22(39-4)8-6-17/h5-8,11-13,16,24H,9-10,14-15H2,1-4H3/t16-,24-/m0/s1. The number of rotatable bonds is 6. The van der Waals surface area contributed by atoms with Gasteiger partial charge in [-0.2, -0.15) is 26.3 Å². The van der Waals surface area contributed by atoms with E-state index < -0.39 is 53.3 Å². The van der Waals surface area contributed by atoms with Crippen molar-refractivity contribution in [3.8, 4) is 5.75 Å². The highest BCUT2D eigenvalue weighted by Gasteiger charge is 2.44. The van der Waals surface area contributed by atoms with Gasteiger partial charge in [0.1, 0.15) is 17.6 Å². The van der Waals surface area contributed by atoms with Crippen LogP contribution >= 0.6 is 0 Å². The fourth-order valence-electron chi connectivity index (χ4n) is 5.07. The van der Waals surface area contributed by atoms with Crippen LogP contribution in [-0.4, -0.2) is 36.7 Å². The number of nitrogens with zero attached hydrogens (tertiary/aromatic N) is 1. The minimum Gasteiger partial charge on any atom is -0.497 e. The number of hydrogen-bond donors (Lipinski definition) is 0. The molecule has 4 rings (SSSR count). The summed E-state index contributed by atoms with van der Waals surface area (Å²) >= 11 is 0. The number of halogens is 6. The molecule has 222 valence electrons. The van der Waals surface area contributed by atoms with Gasteiger partial charge in [0, 0.05) is 13.0 Å². The van der Waals surface area contributed by atoms with Crippen LogP contribution in [0.15, 0.2) is 53.8 Å². The molecule has 12 heteroatoms. The quantitative estimate of drug-likeness (QED) is 0.255. The van der Waals surface area contributed by atoms with Crippen molar-refractivity contribution in [1.29, 1.82) is 0 Å². The second kappa shape index (κ2) is 10.9. The highest BCUT2D eigenvalue weighted by molar-refractivity contribution is 5.90. The lowest BCUT2D eigenvalue weighted by Crippen LogP contribution is -2.36. The van der Waals surface area contributed by atoms with E-state index in [0.29, 0.717) is 48.5 Å². The number of allylic oxidation sites excluding steroid dienone is 1. The Balaban J connectivity index is 1.62. The Morgan fingerprint density at radius 1 is 1.02 bits per heavy atom. The number of benzene rings is 2. The largest absolute Gasteiger partial charge is 0.497 e. The molecule has 0 N–H and O–H groups in total. The minimum absolute atomic E-state index is 0.0288. The van der Waals surface area contributed by atoms with Crippen molar-refractivity contribution >= 4 is 12.1 Å². The van der Waals surface area contributed by atoms with E-state index in [1.54, 1.807) is 24.3 Å². The molecule has 0 unspecified atom stereocenters. The zero-order valence-corrected chi connectivity index (χ0v) is 22.8. The van der Waals surface area contributed by atoms with Gasteiger partial charge in [0.2, 0.25) is 0 Å². The molecule has 0 aromatic heterocycles. The number of esters is 1. The Morgan fingerprint density at radius 2 is 1.61 bits per heavy atom. The number of alkyl halides is 6. The molecule has 1 fully saturated rings. The monoisotopic (exact) mass is 585 g/mol. The van der Waals surface area contributed by atoms with Crippen LogP contribution in [0.5, 0.6) is 5.75 Å². The molecule has 1 amide bonds. The Bertz CT molecular complexity index is 1310. The zero-order chi connectivity index (χ0) is 30.3. The summed E-state index contributed by atoms with van der Waals surface area (Å²) in [7, 11) is 1.49. The van der Waals surface area contributed by atoms with E-state index in [4.69, 9.17) is 14.2 Å². The summed E-state index contributed by atoms with van der Waals surface area (Å²) < 4.78 is 96.7. The van der Waals surface area contributed by atoms with Crippen molar-refractivity contribution in [3.05, 3.63) is 76.1 Å². The summed E-state index contributed by atoms with van der Waals surface area (Å²) in [5.41, 5.74) is -2.71. The number of carbonyl (C=O) groups is 2. The molecule has 0 radical (unpaired) electrons. The average Bonchev–Trinajstić information content (AvgIpc) is 3.17. The van der Waals surface area contributed by atoms with E-state index >= 15 is 0 Å². The van der Waals surface area contributed by atoms with Crippen LogP contribution in [0.25, 0.3) is 0 Å². The topological polar surface area (TPSA) is 65.1 Å². The Hall–Kier alpha value is -3.70.